The Bertz CT molecular complexity index is 601. The maximum Gasteiger partial charge on any atom is 0.316 e. The van der Waals surface area contributed by atoms with E-state index >= 15 is 0 Å². The first-order chi connectivity index (χ1) is 11.4. The summed E-state index contributed by atoms with van der Waals surface area (Å²) in [5, 5.41) is 1.09. The first-order valence-corrected chi connectivity index (χ1v) is 9.67. The van der Waals surface area contributed by atoms with Crippen LogP contribution in [0.3, 0.4) is 0 Å². The highest BCUT2D eigenvalue weighted by Crippen LogP contribution is 2.30. The van der Waals surface area contributed by atoms with Crippen LogP contribution in [0.5, 0.6) is 0 Å². The molecule has 1 aromatic carbocycles. The monoisotopic (exact) mass is 389 g/mol. The Balaban J connectivity index is 1.80. The summed E-state index contributed by atoms with van der Waals surface area (Å²) in [4.78, 5) is 26.7. The van der Waals surface area contributed by atoms with Gasteiger partial charge < -0.3 is 9.64 Å². The van der Waals surface area contributed by atoms with E-state index in [1.807, 2.05) is 18.7 Å². The lowest BCUT2D eigenvalue weighted by Crippen LogP contribution is -2.49. The lowest BCUT2D eigenvalue weighted by atomic mass is 9.97. The molecule has 2 rings (SSSR count). The van der Waals surface area contributed by atoms with Crippen molar-refractivity contribution in [3.8, 4) is 0 Å². The van der Waals surface area contributed by atoms with Gasteiger partial charge >= 0.3 is 5.97 Å². The van der Waals surface area contributed by atoms with Gasteiger partial charge in [0.05, 0.1) is 10.8 Å². The third-order valence-corrected chi connectivity index (χ3v) is 5.78. The number of nitrogens with zero attached hydrogens (tertiary/aromatic N) is 1. The second kappa shape index (κ2) is 8.97. The summed E-state index contributed by atoms with van der Waals surface area (Å²) in [6.45, 7) is 3.86. The van der Waals surface area contributed by atoms with Crippen molar-refractivity contribution in [1.82, 2.24) is 4.90 Å². The van der Waals surface area contributed by atoms with Crippen molar-refractivity contribution in [3.05, 3.63) is 28.2 Å². The molecule has 0 aromatic heterocycles. The number of amides is 1. The minimum absolute atomic E-state index is 0.0818. The fourth-order valence-electron chi connectivity index (χ4n) is 2.90. The number of likely N-dealkylation sites (tertiary alicyclic amines) is 1. The number of piperidine rings is 1. The zero-order valence-corrected chi connectivity index (χ0v) is 16.1. The summed E-state index contributed by atoms with van der Waals surface area (Å²) in [5.74, 6) is -0.492. The molecule has 2 atom stereocenters. The van der Waals surface area contributed by atoms with Crippen molar-refractivity contribution in [1.29, 1.82) is 0 Å². The smallest absolute Gasteiger partial charge is 0.316 e. The van der Waals surface area contributed by atoms with Crippen LogP contribution in [-0.4, -0.2) is 41.2 Å². The van der Waals surface area contributed by atoms with E-state index in [-0.39, 0.29) is 30.4 Å². The number of esters is 1. The summed E-state index contributed by atoms with van der Waals surface area (Å²) in [6, 6.07) is 5.45. The van der Waals surface area contributed by atoms with Gasteiger partial charge in [0.1, 0.15) is 0 Å². The highest BCUT2D eigenvalue weighted by molar-refractivity contribution is 8.00. The Morgan fingerprint density at radius 3 is 2.58 bits per heavy atom. The van der Waals surface area contributed by atoms with Crippen LogP contribution in [0.25, 0.3) is 0 Å². The number of carbonyl (C=O) groups excluding carboxylic acids is 2. The molecule has 0 aliphatic carbocycles. The summed E-state index contributed by atoms with van der Waals surface area (Å²) in [7, 11) is 0. The van der Waals surface area contributed by atoms with Crippen molar-refractivity contribution < 1.29 is 14.3 Å². The molecular formula is C17H21Cl2NO3S. The van der Waals surface area contributed by atoms with Gasteiger partial charge in [-0.1, -0.05) is 23.2 Å². The number of carbonyl (C=O) groups is 2. The van der Waals surface area contributed by atoms with Gasteiger partial charge in [-0.2, -0.15) is 0 Å². The van der Waals surface area contributed by atoms with Crippen LogP contribution >= 0.6 is 35.0 Å². The van der Waals surface area contributed by atoms with Crippen LogP contribution in [-0.2, 0) is 14.3 Å². The number of hydrogen-bond acceptors (Lipinski definition) is 4. The van der Waals surface area contributed by atoms with E-state index in [2.05, 4.69) is 0 Å². The third-order valence-electron chi connectivity index (χ3n) is 4.08. The standard InChI is InChI=1S/C17H21Cl2NO3S/c1-11-4-3-5-12(2)20(11)16(21)9-23-17(22)10-24-15-8-13(18)6-7-14(15)19/h6-8,11-12H,3-5,9-10H2,1-2H3/t11-,12-/m0/s1. The number of benzene rings is 1. The fourth-order valence-corrected chi connectivity index (χ4v) is 4.19. The Morgan fingerprint density at radius 2 is 1.92 bits per heavy atom. The molecule has 0 radical (unpaired) electrons. The van der Waals surface area contributed by atoms with Crippen LogP contribution in [0.1, 0.15) is 33.1 Å². The van der Waals surface area contributed by atoms with E-state index in [0.29, 0.717) is 14.9 Å². The van der Waals surface area contributed by atoms with Gasteiger partial charge in [-0.15, -0.1) is 11.8 Å². The minimum Gasteiger partial charge on any atom is -0.455 e. The molecule has 1 amide bonds. The summed E-state index contributed by atoms with van der Waals surface area (Å²) in [5.41, 5.74) is 0. The molecule has 24 heavy (non-hydrogen) atoms. The normalized spacial score (nSPS) is 20.8. The number of hydrogen-bond donors (Lipinski definition) is 0. The number of thioether (sulfide) groups is 1. The highest BCUT2D eigenvalue weighted by Gasteiger charge is 2.29. The number of rotatable bonds is 5. The molecule has 1 fully saturated rings. The molecule has 1 aromatic rings. The average molecular weight is 390 g/mol. The molecule has 0 saturated carbocycles. The molecule has 0 N–H and O–H groups in total. The molecule has 7 heteroatoms. The van der Waals surface area contributed by atoms with Crippen molar-refractivity contribution >= 4 is 46.8 Å². The Kier molecular flexibility index (Phi) is 7.26. The van der Waals surface area contributed by atoms with Crippen molar-refractivity contribution in [2.45, 2.75) is 50.1 Å². The van der Waals surface area contributed by atoms with Gasteiger partial charge in [0.2, 0.25) is 0 Å². The van der Waals surface area contributed by atoms with Gasteiger partial charge in [-0.25, -0.2) is 0 Å². The van der Waals surface area contributed by atoms with Crippen LogP contribution in [0.4, 0.5) is 0 Å². The average Bonchev–Trinajstić information content (AvgIpc) is 2.53. The topological polar surface area (TPSA) is 46.6 Å². The maximum atomic E-state index is 12.3. The van der Waals surface area contributed by atoms with Crippen molar-refractivity contribution in [2.24, 2.45) is 0 Å². The first kappa shape index (κ1) is 19.4. The van der Waals surface area contributed by atoms with E-state index in [0.717, 1.165) is 19.3 Å². The van der Waals surface area contributed by atoms with E-state index in [4.69, 9.17) is 27.9 Å². The molecule has 1 heterocycles. The van der Waals surface area contributed by atoms with E-state index in [1.54, 1.807) is 18.2 Å². The van der Waals surface area contributed by atoms with Crippen LogP contribution < -0.4 is 0 Å². The lowest BCUT2D eigenvalue weighted by molar-refractivity contribution is -0.153. The Hall–Kier alpha value is -0.910. The molecule has 4 nitrogen and oxygen atoms in total. The zero-order chi connectivity index (χ0) is 17.7. The van der Waals surface area contributed by atoms with Gasteiger partial charge in [0.25, 0.3) is 5.91 Å². The molecule has 0 unspecified atom stereocenters. The van der Waals surface area contributed by atoms with Gasteiger partial charge in [-0.3, -0.25) is 9.59 Å². The maximum absolute atomic E-state index is 12.3. The lowest BCUT2D eigenvalue weighted by Gasteiger charge is -2.38. The van der Waals surface area contributed by atoms with E-state index < -0.39 is 5.97 Å². The Labute approximate surface area is 156 Å². The van der Waals surface area contributed by atoms with Crippen molar-refractivity contribution in [2.75, 3.05) is 12.4 Å². The predicted octanol–water partition coefficient (Wildman–Crippen LogP) is 4.42. The molecule has 0 bridgehead atoms. The second-order valence-corrected chi connectivity index (χ2v) is 7.81. The minimum atomic E-state index is -0.443. The molecule has 1 aliphatic rings. The van der Waals surface area contributed by atoms with Crippen LogP contribution in [0.2, 0.25) is 10.0 Å². The number of halogens is 2. The van der Waals surface area contributed by atoms with E-state index in [1.165, 1.54) is 11.8 Å². The highest BCUT2D eigenvalue weighted by atomic mass is 35.5. The third kappa shape index (κ3) is 5.30. The predicted molar refractivity (Wildman–Crippen MR) is 97.8 cm³/mol. The zero-order valence-electron chi connectivity index (χ0n) is 13.8. The van der Waals surface area contributed by atoms with Gasteiger partial charge in [-0.05, 0) is 51.3 Å². The molecule has 1 aliphatic heterocycles. The van der Waals surface area contributed by atoms with Gasteiger partial charge in [0, 0.05) is 22.0 Å². The van der Waals surface area contributed by atoms with Crippen LogP contribution in [0, 0.1) is 0 Å². The summed E-state index contributed by atoms with van der Waals surface area (Å²) in [6.07, 6.45) is 3.11. The van der Waals surface area contributed by atoms with Crippen LogP contribution in [0.15, 0.2) is 23.1 Å². The number of ether oxygens (including phenoxy) is 1. The largest absolute Gasteiger partial charge is 0.455 e. The quantitative estimate of drug-likeness (QED) is 0.552. The molecular weight excluding hydrogens is 369 g/mol. The summed E-state index contributed by atoms with van der Waals surface area (Å²) < 4.78 is 5.12. The van der Waals surface area contributed by atoms with E-state index in [9.17, 15) is 9.59 Å². The first-order valence-electron chi connectivity index (χ1n) is 7.93. The van der Waals surface area contributed by atoms with Gasteiger partial charge in [0.15, 0.2) is 6.61 Å². The Morgan fingerprint density at radius 1 is 1.25 bits per heavy atom. The molecule has 132 valence electrons. The SMILES string of the molecule is C[C@H]1CCC[C@H](C)N1C(=O)COC(=O)CSc1cc(Cl)ccc1Cl. The van der Waals surface area contributed by atoms with Crippen molar-refractivity contribution in [3.63, 3.8) is 0 Å². The second-order valence-electron chi connectivity index (χ2n) is 5.95. The fraction of sp³-hybridized carbons (Fsp3) is 0.529. The molecule has 1 saturated heterocycles. The summed E-state index contributed by atoms with van der Waals surface area (Å²) >= 11 is 13.2. The molecule has 0 spiro atoms.